The minimum atomic E-state index is -0.407. The van der Waals surface area contributed by atoms with Gasteiger partial charge in [0.15, 0.2) is 0 Å². The minimum absolute atomic E-state index is 0.224. The van der Waals surface area contributed by atoms with E-state index in [9.17, 15) is 9.59 Å². The van der Waals surface area contributed by atoms with Crippen molar-refractivity contribution < 1.29 is 4.79 Å². The predicted molar refractivity (Wildman–Crippen MR) is 82.7 cm³/mol. The quantitative estimate of drug-likeness (QED) is 0.546. The molecule has 2 aromatic carbocycles. The normalized spacial score (nSPS) is 10.7. The van der Waals surface area contributed by atoms with Crippen molar-refractivity contribution in [1.82, 2.24) is 9.97 Å². The number of amides is 1. The van der Waals surface area contributed by atoms with E-state index in [-0.39, 0.29) is 16.3 Å². The number of nitrogens with one attached hydrogen (secondary N) is 3. The first kappa shape index (κ1) is 13.3. The van der Waals surface area contributed by atoms with Crippen molar-refractivity contribution in [3.63, 3.8) is 0 Å². The lowest BCUT2D eigenvalue weighted by Crippen LogP contribution is -2.14. The average Bonchev–Trinajstić information content (AvgIpc) is 2.77. The van der Waals surface area contributed by atoms with Gasteiger partial charge in [-0.05, 0) is 30.3 Å². The lowest BCUT2D eigenvalue weighted by molar-refractivity contribution is 0.102. The van der Waals surface area contributed by atoms with E-state index >= 15 is 0 Å². The number of nitrogen functional groups attached to an aromatic ring is 1. The van der Waals surface area contributed by atoms with Crippen LogP contribution in [-0.2, 0) is 0 Å². The van der Waals surface area contributed by atoms with Crippen LogP contribution in [0.2, 0.25) is 5.02 Å². The number of imidazole rings is 1. The summed E-state index contributed by atoms with van der Waals surface area (Å²) in [4.78, 5) is 28.7. The molecule has 0 radical (unpaired) electrons. The second-order valence-electron chi connectivity index (χ2n) is 4.50. The third kappa shape index (κ3) is 2.48. The maximum absolute atomic E-state index is 12.2. The van der Waals surface area contributed by atoms with Gasteiger partial charge in [0, 0.05) is 11.4 Å². The number of hydrogen-bond acceptors (Lipinski definition) is 3. The molecule has 7 heteroatoms. The van der Waals surface area contributed by atoms with Crippen molar-refractivity contribution in [2.45, 2.75) is 0 Å². The molecule has 0 saturated heterocycles. The van der Waals surface area contributed by atoms with E-state index in [0.717, 1.165) is 0 Å². The van der Waals surface area contributed by atoms with Crippen molar-refractivity contribution in [3.8, 4) is 0 Å². The van der Waals surface area contributed by atoms with Gasteiger partial charge in [0.2, 0.25) is 0 Å². The van der Waals surface area contributed by atoms with E-state index in [4.69, 9.17) is 17.3 Å². The summed E-state index contributed by atoms with van der Waals surface area (Å²) in [7, 11) is 0. The number of fused-ring (bicyclic) bond motifs is 1. The van der Waals surface area contributed by atoms with Crippen LogP contribution in [0, 0.1) is 0 Å². The smallest absolute Gasteiger partial charge is 0.323 e. The average molecular weight is 303 g/mol. The van der Waals surface area contributed by atoms with Crippen LogP contribution in [0.3, 0.4) is 0 Å². The Morgan fingerprint density at radius 1 is 1.14 bits per heavy atom. The monoisotopic (exact) mass is 302 g/mol. The molecule has 106 valence electrons. The molecule has 6 nitrogen and oxygen atoms in total. The number of aromatic nitrogens is 2. The lowest BCUT2D eigenvalue weighted by Gasteiger charge is -2.09. The van der Waals surface area contributed by atoms with Crippen LogP contribution in [0.5, 0.6) is 0 Å². The molecule has 1 amide bonds. The Morgan fingerprint density at radius 2 is 1.90 bits per heavy atom. The topological polar surface area (TPSA) is 104 Å². The first-order valence-corrected chi connectivity index (χ1v) is 6.50. The first-order valence-electron chi connectivity index (χ1n) is 6.12. The molecule has 0 aliphatic rings. The second kappa shape index (κ2) is 4.99. The van der Waals surface area contributed by atoms with E-state index in [2.05, 4.69) is 15.3 Å². The van der Waals surface area contributed by atoms with Gasteiger partial charge >= 0.3 is 5.69 Å². The molecule has 0 bridgehead atoms. The van der Waals surface area contributed by atoms with E-state index in [0.29, 0.717) is 22.4 Å². The number of aromatic amines is 2. The molecular weight excluding hydrogens is 292 g/mol. The number of nitrogens with two attached hydrogens (primary N) is 1. The number of carbonyl (C=O) groups is 1. The highest BCUT2D eigenvalue weighted by molar-refractivity contribution is 6.35. The third-order valence-electron chi connectivity index (χ3n) is 3.05. The van der Waals surface area contributed by atoms with E-state index in [1.807, 2.05) is 0 Å². The molecule has 0 atom stereocenters. The predicted octanol–water partition coefficient (Wildman–Crippen LogP) is 2.34. The molecule has 0 saturated carbocycles. The molecule has 3 aromatic rings. The molecule has 0 spiro atoms. The molecule has 0 fully saturated rings. The molecule has 1 heterocycles. The van der Waals surface area contributed by atoms with Crippen LogP contribution in [0.15, 0.2) is 41.2 Å². The van der Waals surface area contributed by atoms with Crippen molar-refractivity contribution in [2.24, 2.45) is 0 Å². The van der Waals surface area contributed by atoms with Gasteiger partial charge in [-0.15, -0.1) is 0 Å². The second-order valence-corrected chi connectivity index (χ2v) is 4.90. The fraction of sp³-hybridized carbons (Fsp3) is 0. The van der Waals surface area contributed by atoms with Crippen molar-refractivity contribution in [2.75, 3.05) is 11.1 Å². The third-order valence-corrected chi connectivity index (χ3v) is 3.36. The SMILES string of the molecule is Nc1cccc(Cl)c1C(=O)Nc1ccc2[nH]c(=O)[nH]c2c1. The fourth-order valence-electron chi connectivity index (χ4n) is 2.08. The Labute approximate surface area is 123 Å². The Kier molecular flexibility index (Phi) is 3.15. The minimum Gasteiger partial charge on any atom is -0.398 e. The van der Waals surface area contributed by atoms with Crippen LogP contribution < -0.4 is 16.7 Å². The van der Waals surface area contributed by atoms with Gasteiger partial charge in [-0.2, -0.15) is 0 Å². The number of anilines is 2. The summed E-state index contributed by atoms with van der Waals surface area (Å²) >= 11 is 6.00. The molecule has 0 aliphatic heterocycles. The van der Waals surface area contributed by atoms with Gasteiger partial charge < -0.3 is 21.0 Å². The zero-order valence-corrected chi connectivity index (χ0v) is 11.5. The van der Waals surface area contributed by atoms with Gasteiger partial charge in [0.25, 0.3) is 5.91 Å². The van der Waals surface area contributed by atoms with Gasteiger partial charge in [-0.1, -0.05) is 17.7 Å². The summed E-state index contributed by atoms with van der Waals surface area (Å²) in [6, 6.07) is 9.90. The summed E-state index contributed by atoms with van der Waals surface area (Å²) in [6.07, 6.45) is 0. The molecular formula is C14H11ClN4O2. The summed E-state index contributed by atoms with van der Waals surface area (Å²) in [5.41, 5.74) is 7.79. The number of hydrogen-bond donors (Lipinski definition) is 4. The highest BCUT2D eigenvalue weighted by atomic mass is 35.5. The molecule has 1 aromatic heterocycles. The van der Waals surface area contributed by atoms with Gasteiger partial charge in [-0.25, -0.2) is 4.79 Å². The fourth-order valence-corrected chi connectivity index (χ4v) is 2.35. The Bertz CT molecular complexity index is 877. The molecule has 0 aliphatic carbocycles. The van der Waals surface area contributed by atoms with Crippen LogP contribution >= 0.6 is 11.6 Å². The van der Waals surface area contributed by atoms with Crippen LogP contribution in [-0.4, -0.2) is 15.9 Å². The summed E-state index contributed by atoms with van der Waals surface area (Å²) in [5, 5.41) is 2.98. The Morgan fingerprint density at radius 3 is 2.67 bits per heavy atom. The molecule has 5 N–H and O–H groups in total. The van der Waals surface area contributed by atoms with Gasteiger partial charge in [-0.3, -0.25) is 4.79 Å². The van der Waals surface area contributed by atoms with Crippen molar-refractivity contribution in [3.05, 3.63) is 57.5 Å². The number of H-pyrrole nitrogens is 2. The van der Waals surface area contributed by atoms with Crippen LogP contribution in [0.25, 0.3) is 11.0 Å². The van der Waals surface area contributed by atoms with E-state index in [1.165, 1.54) is 0 Å². The molecule has 0 unspecified atom stereocenters. The summed E-state index contributed by atoms with van der Waals surface area (Å²) in [5.74, 6) is -0.407. The Hall–Kier alpha value is -2.73. The van der Waals surface area contributed by atoms with E-state index in [1.54, 1.807) is 36.4 Å². The number of halogens is 1. The maximum Gasteiger partial charge on any atom is 0.323 e. The molecule has 3 rings (SSSR count). The van der Waals surface area contributed by atoms with Gasteiger partial charge in [0.1, 0.15) is 0 Å². The van der Waals surface area contributed by atoms with Crippen molar-refractivity contribution >= 4 is 39.9 Å². The Balaban J connectivity index is 1.94. The molecule has 21 heavy (non-hydrogen) atoms. The van der Waals surface area contributed by atoms with Gasteiger partial charge in [0.05, 0.1) is 21.6 Å². The van der Waals surface area contributed by atoms with Crippen molar-refractivity contribution in [1.29, 1.82) is 0 Å². The largest absolute Gasteiger partial charge is 0.398 e. The number of carbonyl (C=O) groups excluding carboxylic acids is 1. The first-order chi connectivity index (χ1) is 10.0. The van der Waals surface area contributed by atoms with E-state index < -0.39 is 5.91 Å². The lowest BCUT2D eigenvalue weighted by atomic mass is 10.1. The maximum atomic E-state index is 12.2. The summed E-state index contributed by atoms with van der Waals surface area (Å²) < 4.78 is 0. The number of benzene rings is 2. The summed E-state index contributed by atoms with van der Waals surface area (Å²) in [6.45, 7) is 0. The zero-order chi connectivity index (χ0) is 15.0. The highest BCUT2D eigenvalue weighted by Crippen LogP contribution is 2.23. The standard InChI is InChI=1S/C14H11ClN4O2/c15-8-2-1-3-9(16)12(8)13(20)17-7-4-5-10-11(6-7)19-14(21)18-10/h1-6H,16H2,(H,17,20)(H2,18,19,21). The number of rotatable bonds is 2. The highest BCUT2D eigenvalue weighted by Gasteiger charge is 2.14. The zero-order valence-electron chi connectivity index (χ0n) is 10.7. The van der Waals surface area contributed by atoms with Crippen LogP contribution in [0.1, 0.15) is 10.4 Å². The van der Waals surface area contributed by atoms with Crippen LogP contribution in [0.4, 0.5) is 11.4 Å².